The number of nitrogens with zero attached hydrogens (tertiary/aromatic N) is 1. The van der Waals surface area contributed by atoms with E-state index in [0.717, 1.165) is 0 Å². The molecule has 21 heavy (non-hydrogen) atoms. The number of likely N-dealkylation sites (tertiary alicyclic amines) is 1. The van der Waals surface area contributed by atoms with Crippen LogP contribution in [0.3, 0.4) is 0 Å². The molecule has 0 aliphatic carbocycles. The van der Waals surface area contributed by atoms with Crippen LogP contribution in [-0.2, 0) is 9.59 Å². The molecule has 1 N–H and O–H groups in total. The van der Waals surface area contributed by atoms with E-state index >= 15 is 0 Å². The lowest BCUT2D eigenvalue weighted by atomic mass is 10.0. The summed E-state index contributed by atoms with van der Waals surface area (Å²) < 4.78 is 18.3. The number of hydrogen-bond acceptors (Lipinski definition) is 3. The van der Waals surface area contributed by atoms with E-state index in [0.29, 0.717) is 18.7 Å². The lowest BCUT2D eigenvalue weighted by molar-refractivity contribution is -0.144. The van der Waals surface area contributed by atoms with Crippen LogP contribution >= 0.6 is 0 Å². The molecule has 0 radical (unpaired) electrons. The first-order valence-corrected chi connectivity index (χ1v) is 6.85. The van der Waals surface area contributed by atoms with E-state index in [2.05, 4.69) is 0 Å². The zero-order valence-corrected chi connectivity index (χ0v) is 12.0. The van der Waals surface area contributed by atoms with Crippen LogP contribution in [0.5, 0.6) is 5.75 Å². The number of rotatable bonds is 4. The summed E-state index contributed by atoms with van der Waals surface area (Å²) in [7, 11) is 0. The number of benzene rings is 1. The first kappa shape index (κ1) is 15.3. The molecule has 0 bridgehead atoms. The second-order valence-electron chi connectivity index (χ2n) is 5.22. The van der Waals surface area contributed by atoms with Crippen molar-refractivity contribution in [3.05, 3.63) is 30.1 Å². The SMILES string of the molecule is CC(Oc1ccc(F)cc1)C(=O)N1CCC(C(=O)O)C1C. The fraction of sp³-hybridized carbons (Fsp3) is 0.467. The Bertz CT molecular complexity index is 531. The maximum atomic E-state index is 12.8. The van der Waals surface area contributed by atoms with Gasteiger partial charge in [0.25, 0.3) is 5.91 Å². The number of amides is 1. The average molecular weight is 295 g/mol. The first-order valence-electron chi connectivity index (χ1n) is 6.85. The standard InChI is InChI=1S/C15H18FNO4/c1-9-13(15(19)20)7-8-17(9)14(18)10(2)21-12-5-3-11(16)4-6-12/h3-6,9-10,13H,7-8H2,1-2H3,(H,19,20). The zero-order valence-electron chi connectivity index (χ0n) is 12.0. The van der Waals surface area contributed by atoms with E-state index in [1.54, 1.807) is 13.8 Å². The van der Waals surface area contributed by atoms with Gasteiger partial charge in [-0.05, 0) is 44.5 Å². The van der Waals surface area contributed by atoms with Crippen molar-refractivity contribution >= 4 is 11.9 Å². The summed E-state index contributed by atoms with van der Waals surface area (Å²) >= 11 is 0. The van der Waals surface area contributed by atoms with Gasteiger partial charge in [0.05, 0.1) is 5.92 Å². The van der Waals surface area contributed by atoms with Crippen molar-refractivity contribution in [1.29, 1.82) is 0 Å². The van der Waals surface area contributed by atoms with Crippen molar-refractivity contribution in [2.24, 2.45) is 5.92 Å². The van der Waals surface area contributed by atoms with Crippen molar-refractivity contribution < 1.29 is 23.8 Å². The number of carbonyl (C=O) groups is 2. The van der Waals surface area contributed by atoms with Gasteiger partial charge in [-0.25, -0.2) is 4.39 Å². The third-order valence-electron chi connectivity index (χ3n) is 3.83. The highest BCUT2D eigenvalue weighted by molar-refractivity contribution is 5.83. The number of aliphatic carboxylic acids is 1. The molecule has 1 aromatic rings. The summed E-state index contributed by atoms with van der Waals surface area (Å²) in [5.41, 5.74) is 0. The van der Waals surface area contributed by atoms with E-state index in [4.69, 9.17) is 9.84 Å². The second-order valence-corrected chi connectivity index (χ2v) is 5.22. The summed E-state index contributed by atoms with van der Waals surface area (Å²) in [6.45, 7) is 3.74. The minimum atomic E-state index is -0.884. The molecule has 1 aliphatic heterocycles. The summed E-state index contributed by atoms with van der Waals surface area (Å²) in [5.74, 6) is -1.65. The van der Waals surface area contributed by atoms with E-state index in [-0.39, 0.29) is 17.8 Å². The van der Waals surface area contributed by atoms with Gasteiger partial charge in [0.15, 0.2) is 6.10 Å². The molecule has 0 spiro atoms. The molecule has 1 fully saturated rings. The van der Waals surface area contributed by atoms with Crippen LogP contribution in [0.1, 0.15) is 20.3 Å². The Morgan fingerprint density at radius 3 is 2.52 bits per heavy atom. The van der Waals surface area contributed by atoms with Crippen LogP contribution < -0.4 is 4.74 Å². The topological polar surface area (TPSA) is 66.8 Å². The zero-order chi connectivity index (χ0) is 15.6. The minimum Gasteiger partial charge on any atom is -0.481 e. The van der Waals surface area contributed by atoms with Gasteiger partial charge in [-0.2, -0.15) is 0 Å². The Labute approximate surface area is 122 Å². The van der Waals surface area contributed by atoms with Gasteiger partial charge in [-0.3, -0.25) is 9.59 Å². The first-order chi connectivity index (χ1) is 9.90. The molecule has 6 heteroatoms. The number of halogens is 1. The van der Waals surface area contributed by atoms with Gasteiger partial charge >= 0.3 is 5.97 Å². The number of carboxylic acids is 1. The Balaban J connectivity index is 1.99. The molecule has 1 aromatic carbocycles. The molecule has 2 rings (SSSR count). The molecule has 0 saturated carbocycles. The normalized spacial score (nSPS) is 22.9. The molecular formula is C15H18FNO4. The van der Waals surface area contributed by atoms with E-state index < -0.39 is 18.0 Å². The summed E-state index contributed by atoms with van der Waals surface area (Å²) in [6, 6.07) is 5.06. The van der Waals surface area contributed by atoms with Crippen molar-refractivity contribution in [2.45, 2.75) is 32.4 Å². The third kappa shape index (κ3) is 3.32. The van der Waals surface area contributed by atoms with Gasteiger partial charge in [0.1, 0.15) is 11.6 Å². The fourth-order valence-electron chi connectivity index (χ4n) is 2.58. The van der Waals surface area contributed by atoms with Crippen molar-refractivity contribution in [3.63, 3.8) is 0 Å². The molecule has 5 nitrogen and oxygen atoms in total. The minimum absolute atomic E-state index is 0.254. The molecule has 1 aliphatic rings. The van der Waals surface area contributed by atoms with E-state index in [9.17, 15) is 14.0 Å². The largest absolute Gasteiger partial charge is 0.481 e. The lowest BCUT2D eigenvalue weighted by Gasteiger charge is -2.26. The predicted octanol–water partition coefficient (Wildman–Crippen LogP) is 1.91. The number of hydrogen-bond donors (Lipinski definition) is 1. The summed E-state index contributed by atoms with van der Waals surface area (Å²) in [4.78, 5) is 24.9. The third-order valence-corrected chi connectivity index (χ3v) is 3.83. The van der Waals surface area contributed by atoms with Crippen LogP contribution in [-0.4, -0.2) is 40.6 Å². The summed E-state index contributed by atoms with van der Waals surface area (Å²) in [5, 5.41) is 9.08. The molecule has 3 atom stereocenters. The predicted molar refractivity (Wildman–Crippen MR) is 73.4 cm³/mol. The second kappa shape index (κ2) is 6.11. The molecule has 1 saturated heterocycles. The average Bonchev–Trinajstić information content (AvgIpc) is 2.82. The molecule has 114 valence electrons. The molecular weight excluding hydrogens is 277 g/mol. The lowest BCUT2D eigenvalue weighted by Crippen LogP contribution is -2.44. The number of ether oxygens (including phenoxy) is 1. The number of carboxylic acid groups (broad SMARTS) is 1. The van der Waals surface area contributed by atoms with Crippen LogP contribution in [0.2, 0.25) is 0 Å². The maximum Gasteiger partial charge on any atom is 0.308 e. The van der Waals surface area contributed by atoms with Gasteiger partial charge in [-0.1, -0.05) is 0 Å². The molecule has 3 unspecified atom stereocenters. The van der Waals surface area contributed by atoms with E-state index in [1.807, 2.05) is 0 Å². The molecule has 0 aromatic heterocycles. The van der Waals surface area contributed by atoms with Gasteiger partial charge in [-0.15, -0.1) is 0 Å². The summed E-state index contributed by atoms with van der Waals surface area (Å²) in [6.07, 6.45) is -0.295. The van der Waals surface area contributed by atoms with Gasteiger partial charge in [0, 0.05) is 12.6 Å². The Morgan fingerprint density at radius 1 is 1.38 bits per heavy atom. The Hall–Kier alpha value is -2.11. The van der Waals surface area contributed by atoms with Gasteiger partial charge < -0.3 is 14.7 Å². The Kier molecular flexibility index (Phi) is 4.45. The molecule has 1 amide bonds. The van der Waals surface area contributed by atoms with Crippen molar-refractivity contribution in [1.82, 2.24) is 4.90 Å². The maximum absolute atomic E-state index is 12.8. The van der Waals surface area contributed by atoms with Gasteiger partial charge in [0.2, 0.25) is 0 Å². The van der Waals surface area contributed by atoms with Crippen LogP contribution in [0.4, 0.5) is 4.39 Å². The smallest absolute Gasteiger partial charge is 0.308 e. The Morgan fingerprint density at radius 2 is 2.00 bits per heavy atom. The van der Waals surface area contributed by atoms with Crippen molar-refractivity contribution in [2.75, 3.05) is 6.54 Å². The van der Waals surface area contributed by atoms with Crippen LogP contribution in [0.15, 0.2) is 24.3 Å². The number of carbonyl (C=O) groups excluding carboxylic acids is 1. The van der Waals surface area contributed by atoms with Crippen molar-refractivity contribution in [3.8, 4) is 5.75 Å². The highest BCUT2D eigenvalue weighted by atomic mass is 19.1. The van der Waals surface area contributed by atoms with Crippen LogP contribution in [0.25, 0.3) is 0 Å². The van der Waals surface area contributed by atoms with Crippen LogP contribution in [0, 0.1) is 11.7 Å². The van der Waals surface area contributed by atoms with E-state index in [1.165, 1.54) is 29.2 Å². The highest BCUT2D eigenvalue weighted by Gasteiger charge is 2.39. The quantitative estimate of drug-likeness (QED) is 0.921. The monoisotopic (exact) mass is 295 g/mol. The highest BCUT2D eigenvalue weighted by Crippen LogP contribution is 2.25. The fourth-order valence-corrected chi connectivity index (χ4v) is 2.58. The molecule has 1 heterocycles.